The van der Waals surface area contributed by atoms with Crippen molar-refractivity contribution in [1.82, 2.24) is 9.96 Å². The number of fused-ring (bicyclic) bond motifs is 1. The van der Waals surface area contributed by atoms with E-state index in [9.17, 15) is 4.79 Å². The first-order chi connectivity index (χ1) is 10.3. The molecule has 3 saturated heterocycles. The van der Waals surface area contributed by atoms with Crippen LogP contribution in [0.25, 0.3) is 0 Å². The average molecular weight is 294 g/mol. The van der Waals surface area contributed by atoms with Gasteiger partial charge in [0.15, 0.2) is 0 Å². The van der Waals surface area contributed by atoms with Crippen molar-refractivity contribution >= 4 is 5.91 Å². The second-order valence-electron chi connectivity index (χ2n) is 7.27. The number of nitrogens with zero attached hydrogens (tertiary/aromatic N) is 2. The molecule has 3 aliphatic heterocycles. The number of amides is 1. The van der Waals surface area contributed by atoms with E-state index in [2.05, 4.69) is 4.90 Å². The monoisotopic (exact) mass is 294 g/mol. The summed E-state index contributed by atoms with van der Waals surface area (Å²) >= 11 is 0. The van der Waals surface area contributed by atoms with Gasteiger partial charge in [0.1, 0.15) is 0 Å². The summed E-state index contributed by atoms with van der Waals surface area (Å²) in [5, 5.41) is 1.57. The molecule has 4 fully saturated rings. The van der Waals surface area contributed by atoms with Gasteiger partial charge in [0.05, 0.1) is 26.4 Å². The van der Waals surface area contributed by atoms with Crippen molar-refractivity contribution < 1.29 is 14.4 Å². The first-order valence-corrected chi connectivity index (χ1v) is 8.53. The predicted molar refractivity (Wildman–Crippen MR) is 77.4 cm³/mol. The second-order valence-corrected chi connectivity index (χ2v) is 7.27. The molecule has 4 aliphatic rings. The summed E-state index contributed by atoms with van der Waals surface area (Å²) in [5.74, 6) is 2.76. The predicted octanol–water partition coefficient (Wildman–Crippen LogP) is 1.14. The van der Waals surface area contributed by atoms with Crippen LogP contribution in [0.5, 0.6) is 0 Å². The molecule has 4 rings (SSSR count). The largest absolute Gasteiger partial charge is 0.381 e. The van der Waals surface area contributed by atoms with E-state index >= 15 is 0 Å². The minimum absolute atomic E-state index is 0.155. The van der Waals surface area contributed by atoms with E-state index in [-0.39, 0.29) is 5.91 Å². The highest BCUT2D eigenvalue weighted by atomic mass is 16.7. The molecule has 0 bridgehead atoms. The van der Waals surface area contributed by atoms with Gasteiger partial charge in [-0.25, -0.2) is 5.06 Å². The summed E-state index contributed by atoms with van der Waals surface area (Å²) in [6.07, 6.45) is 4.39. The van der Waals surface area contributed by atoms with Crippen molar-refractivity contribution in [3.8, 4) is 0 Å². The Hall–Kier alpha value is -0.650. The zero-order chi connectivity index (χ0) is 14.2. The topological polar surface area (TPSA) is 42.0 Å². The molecule has 1 saturated carbocycles. The maximum Gasteiger partial charge on any atom is 0.246 e. The average Bonchev–Trinajstić information content (AvgIpc) is 2.99. The summed E-state index contributed by atoms with van der Waals surface area (Å²) in [6, 6.07) is 0. The van der Waals surface area contributed by atoms with Crippen LogP contribution in [0.15, 0.2) is 0 Å². The van der Waals surface area contributed by atoms with Crippen LogP contribution in [0.3, 0.4) is 0 Å². The molecule has 5 heteroatoms. The maximum absolute atomic E-state index is 12.3. The highest BCUT2D eigenvalue weighted by Crippen LogP contribution is 2.38. The Morgan fingerprint density at radius 3 is 2.86 bits per heavy atom. The fourth-order valence-electron chi connectivity index (χ4n) is 4.19. The van der Waals surface area contributed by atoms with Gasteiger partial charge in [0.2, 0.25) is 5.91 Å². The first-order valence-electron chi connectivity index (χ1n) is 8.53. The standard InChI is InChI=1S/C16H26N2O3/c19-16(18-4-1-5-21-18)6-13-10-20-11-14-8-17(9-15(13)14)7-12-2-3-12/h12-15H,1-11H2/t13-,14-,15+/m1/s1. The van der Waals surface area contributed by atoms with Crippen molar-refractivity contribution in [2.45, 2.75) is 25.7 Å². The lowest BCUT2D eigenvalue weighted by molar-refractivity contribution is -0.171. The Kier molecular flexibility index (Phi) is 3.90. The van der Waals surface area contributed by atoms with Crippen LogP contribution in [0.1, 0.15) is 25.7 Å². The molecule has 0 aromatic rings. The number of rotatable bonds is 4. The van der Waals surface area contributed by atoms with Gasteiger partial charge in [-0.1, -0.05) is 0 Å². The summed E-state index contributed by atoms with van der Waals surface area (Å²) in [5.41, 5.74) is 0. The fraction of sp³-hybridized carbons (Fsp3) is 0.938. The number of likely N-dealkylation sites (tertiary alicyclic amines) is 1. The third-order valence-corrected chi connectivity index (χ3v) is 5.52. The van der Waals surface area contributed by atoms with Gasteiger partial charge in [0.25, 0.3) is 0 Å². The maximum atomic E-state index is 12.3. The van der Waals surface area contributed by atoms with Gasteiger partial charge in [0, 0.05) is 26.1 Å². The molecule has 0 aromatic carbocycles. The fourth-order valence-corrected chi connectivity index (χ4v) is 4.19. The molecule has 1 amide bonds. The zero-order valence-electron chi connectivity index (χ0n) is 12.7. The molecule has 0 spiro atoms. The molecule has 21 heavy (non-hydrogen) atoms. The Labute approximate surface area is 126 Å². The molecule has 1 aliphatic carbocycles. The summed E-state index contributed by atoms with van der Waals surface area (Å²) in [7, 11) is 0. The Bertz CT molecular complexity index is 393. The van der Waals surface area contributed by atoms with Crippen LogP contribution in [-0.2, 0) is 14.4 Å². The zero-order valence-corrected chi connectivity index (χ0v) is 12.7. The minimum Gasteiger partial charge on any atom is -0.381 e. The molecule has 118 valence electrons. The van der Waals surface area contributed by atoms with E-state index < -0.39 is 0 Å². The Morgan fingerprint density at radius 2 is 2.10 bits per heavy atom. The molecule has 0 radical (unpaired) electrons. The molecular weight excluding hydrogens is 268 g/mol. The third kappa shape index (κ3) is 3.10. The lowest BCUT2D eigenvalue weighted by atomic mass is 9.81. The van der Waals surface area contributed by atoms with Crippen LogP contribution >= 0.6 is 0 Å². The van der Waals surface area contributed by atoms with E-state index in [4.69, 9.17) is 9.57 Å². The lowest BCUT2D eigenvalue weighted by Crippen LogP contribution is -2.38. The minimum atomic E-state index is 0.155. The van der Waals surface area contributed by atoms with Crippen molar-refractivity contribution in [3.63, 3.8) is 0 Å². The van der Waals surface area contributed by atoms with Gasteiger partial charge in [-0.05, 0) is 42.9 Å². The SMILES string of the molecule is O=C(C[C@@H]1COC[C@H]2CN(CC3CC3)C[C@@H]12)N1CCCO1. The summed E-state index contributed by atoms with van der Waals surface area (Å²) in [6.45, 7) is 6.69. The van der Waals surface area contributed by atoms with E-state index in [1.807, 2.05) is 0 Å². The van der Waals surface area contributed by atoms with Gasteiger partial charge in [-0.3, -0.25) is 9.63 Å². The molecule has 0 aromatic heterocycles. The molecular formula is C16H26N2O3. The van der Waals surface area contributed by atoms with E-state index in [0.29, 0.717) is 30.8 Å². The number of hydroxylamine groups is 2. The molecule has 5 nitrogen and oxygen atoms in total. The van der Waals surface area contributed by atoms with Gasteiger partial charge < -0.3 is 9.64 Å². The number of carbonyl (C=O) groups is 1. The lowest BCUT2D eigenvalue weighted by Gasteiger charge is -2.33. The van der Waals surface area contributed by atoms with Crippen LogP contribution in [-0.4, -0.2) is 61.9 Å². The molecule has 3 heterocycles. The quantitative estimate of drug-likeness (QED) is 0.780. The van der Waals surface area contributed by atoms with E-state index in [0.717, 1.165) is 32.1 Å². The van der Waals surface area contributed by atoms with Crippen molar-refractivity contribution in [1.29, 1.82) is 0 Å². The van der Waals surface area contributed by atoms with Crippen molar-refractivity contribution in [3.05, 3.63) is 0 Å². The molecule has 0 unspecified atom stereocenters. The van der Waals surface area contributed by atoms with Crippen molar-refractivity contribution in [2.75, 3.05) is 46.0 Å². The van der Waals surface area contributed by atoms with Crippen molar-refractivity contribution in [2.24, 2.45) is 23.7 Å². The molecule has 0 N–H and O–H groups in total. The summed E-state index contributed by atoms with van der Waals surface area (Å²) in [4.78, 5) is 20.3. The van der Waals surface area contributed by atoms with Crippen LogP contribution < -0.4 is 0 Å². The third-order valence-electron chi connectivity index (χ3n) is 5.52. The van der Waals surface area contributed by atoms with Crippen LogP contribution in [0.4, 0.5) is 0 Å². The number of hydrogen-bond donors (Lipinski definition) is 0. The van der Waals surface area contributed by atoms with E-state index in [1.165, 1.54) is 32.5 Å². The van der Waals surface area contributed by atoms with Gasteiger partial charge in [-0.2, -0.15) is 0 Å². The highest BCUT2D eigenvalue weighted by Gasteiger charge is 2.43. The molecule has 3 atom stereocenters. The number of hydrogen-bond acceptors (Lipinski definition) is 4. The normalized spacial score (nSPS) is 37.0. The second kappa shape index (κ2) is 5.86. The highest BCUT2D eigenvalue weighted by molar-refractivity contribution is 5.75. The smallest absolute Gasteiger partial charge is 0.246 e. The van der Waals surface area contributed by atoms with Crippen LogP contribution in [0.2, 0.25) is 0 Å². The van der Waals surface area contributed by atoms with Crippen LogP contribution in [0, 0.1) is 23.7 Å². The number of carbonyl (C=O) groups excluding carboxylic acids is 1. The van der Waals surface area contributed by atoms with Gasteiger partial charge >= 0.3 is 0 Å². The Balaban J connectivity index is 1.34. The van der Waals surface area contributed by atoms with Gasteiger partial charge in [-0.15, -0.1) is 0 Å². The number of ether oxygens (including phenoxy) is 1. The Morgan fingerprint density at radius 1 is 1.19 bits per heavy atom. The van der Waals surface area contributed by atoms with E-state index in [1.54, 1.807) is 5.06 Å². The summed E-state index contributed by atoms with van der Waals surface area (Å²) < 4.78 is 5.79. The first kappa shape index (κ1) is 14.0.